The Bertz CT molecular complexity index is 587. The predicted octanol–water partition coefficient (Wildman–Crippen LogP) is 3.71. The summed E-state index contributed by atoms with van der Waals surface area (Å²) in [7, 11) is 0. The number of halogens is 1. The van der Waals surface area contributed by atoms with E-state index in [2.05, 4.69) is 32.3 Å². The van der Waals surface area contributed by atoms with Crippen molar-refractivity contribution in [3.05, 3.63) is 34.9 Å². The van der Waals surface area contributed by atoms with Crippen molar-refractivity contribution in [2.45, 2.75) is 37.8 Å². The Morgan fingerprint density at radius 3 is 2.84 bits per heavy atom. The molecule has 3 nitrogen and oxygen atoms in total. The first-order valence-corrected chi connectivity index (χ1v) is 7.53. The second-order valence-electron chi connectivity index (χ2n) is 5.10. The second-order valence-corrected chi connectivity index (χ2v) is 5.95. The van der Waals surface area contributed by atoms with Gasteiger partial charge in [-0.2, -0.15) is 0 Å². The molecule has 1 fully saturated rings. The number of pyridine rings is 1. The van der Waals surface area contributed by atoms with E-state index in [0.717, 1.165) is 40.3 Å². The summed E-state index contributed by atoms with van der Waals surface area (Å²) in [5, 5.41) is 15.7. The molecule has 0 saturated heterocycles. The molecule has 1 aromatic carbocycles. The molecule has 0 aliphatic heterocycles. The summed E-state index contributed by atoms with van der Waals surface area (Å²) < 4.78 is 1.07. The van der Waals surface area contributed by atoms with Gasteiger partial charge in [-0.05, 0) is 25.0 Å². The van der Waals surface area contributed by atoms with E-state index in [1.165, 1.54) is 6.42 Å². The SMILES string of the molecule is OC1CCCCC1Nc1nccc2c(Br)cccc12. The summed E-state index contributed by atoms with van der Waals surface area (Å²) in [5.41, 5.74) is 0. The monoisotopic (exact) mass is 320 g/mol. The van der Waals surface area contributed by atoms with Crippen LogP contribution in [-0.4, -0.2) is 22.2 Å². The highest BCUT2D eigenvalue weighted by atomic mass is 79.9. The molecular formula is C15H17BrN2O. The van der Waals surface area contributed by atoms with E-state index in [9.17, 15) is 5.11 Å². The minimum atomic E-state index is -0.266. The van der Waals surface area contributed by atoms with Crippen molar-refractivity contribution in [3.8, 4) is 0 Å². The van der Waals surface area contributed by atoms with Crippen molar-refractivity contribution in [1.82, 2.24) is 4.98 Å². The largest absolute Gasteiger partial charge is 0.391 e. The number of rotatable bonds is 2. The van der Waals surface area contributed by atoms with Crippen molar-refractivity contribution < 1.29 is 5.11 Å². The molecule has 100 valence electrons. The standard InChI is InChI=1S/C15H17BrN2O/c16-12-5-3-4-11-10(12)8-9-17-15(11)18-13-6-1-2-7-14(13)19/h3-5,8-9,13-14,19H,1-2,6-7H2,(H,17,18). The molecule has 1 aliphatic carbocycles. The Hall–Kier alpha value is -1.13. The summed E-state index contributed by atoms with van der Waals surface area (Å²) in [6, 6.07) is 8.22. The maximum Gasteiger partial charge on any atom is 0.134 e. The second kappa shape index (κ2) is 5.47. The molecule has 0 spiro atoms. The fraction of sp³-hybridized carbons (Fsp3) is 0.400. The highest BCUT2D eigenvalue weighted by Crippen LogP contribution is 2.29. The Labute approximate surface area is 121 Å². The number of anilines is 1. The molecule has 1 aliphatic rings. The van der Waals surface area contributed by atoms with Crippen LogP contribution in [0.4, 0.5) is 5.82 Å². The Morgan fingerprint density at radius 1 is 1.16 bits per heavy atom. The number of fused-ring (bicyclic) bond motifs is 1. The molecule has 1 saturated carbocycles. The van der Waals surface area contributed by atoms with E-state index in [-0.39, 0.29) is 12.1 Å². The molecule has 19 heavy (non-hydrogen) atoms. The number of aliphatic hydroxyl groups is 1. The molecule has 2 N–H and O–H groups in total. The zero-order valence-electron chi connectivity index (χ0n) is 10.6. The van der Waals surface area contributed by atoms with Gasteiger partial charge >= 0.3 is 0 Å². The van der Waals surface area contributed by atoms with Crippen LogP contribution in [0.2, 0.25) is 0 Å². The molecular weight excluding hydrogens is 304 g/mol. The van der Waals surface area contributed by atoms with Crippen LogP contribution in [0.15, 0.2) is 34.9 Å². The third-order valence-corrected chi connectivity index (χ3v) is 4.50. The van der Waals surface area contributed by atoms with Crippen LogP contribution >= 0.6 is 15.9 Å². The van der Waals surface area contributed by atoms with Crippen LogP contribution in [0, 0.1) is 0 Å². The maximum absolute atomic E-state index is 10.1. The number of nitrogens with one attached hydrogen (secondary N) is 1. The van der Waals surface area contributed by atoms with Crippen molar-refractivity contribution in [1.29, 1.82) is 0 Å². The first-order chi connectivity index (χ1) is 9.25. The third kappa shape index (κ3) is 2.60. The summed E-state index contributed by atoms with van der Waals surface area (Å²) in [6.07, 6.45) is 5.72. The minimum Gasteiger partial charge on any atom is -0.391 e. The smallest absolute Gasteiger partial charge is 0.134 e. The molecule has 2 unspecified atom stereocenters. The average Bonchev–Trinajstić information content (AvgIpc) is 2.42. The van der Waals surface area contributed by atoms with E-state index < -0.39 is 0 Å². The number of hydrogen-bond acceptors (Lipinski definition) is 3. The lowest BCUT2D eigenvalue weighted by atomic mass is 9.92. The first kappa shape index (κ1) is 12.9. The third-order valence-electron chi connectivity index (χ3n) is 3.80. The van der Waals surface area contributed by atoms with E-state index in [1.807, 2.05) is 24.4 Å². The Morgan fingerprint density at radius 2 is 2.00 bits per heavy atom. The zero-order chi connectivity index (χ0) is 13.2. The lowest BCUT2D eigenvalue weighted by molar-refractivity contribution is 0.116. The number of nitrogens with zero attached hydrogens (tertiary/aromatic N) is 1. The Kier molecular flexibility index (Phi) is 3.71. The van der Waals surface area contributed by atoms with Crippen LogP contribution in [0.3, 0.4) is 0 Å². The lowest BCUT2D eigenvalue weighted by Crippen LogP contribution is -2.36. The topological polar surface area (TPSA) is 45.1 Å². The quantitative estimate of drug-likeness (QED) is 0.886. The Balaban J connectivity index is 1.94. The zero-order valence-corrected chi connectivity index (χ0v) is 12.2. The van der Waals surface area contributed by atoms with Gasteiger partial charge in [0, 0.05) is 21.4 Å². The first-order valence-electron chi connectivity index (χ1n) is 6.73. The van der Waals surface area contributed by atoms with Gasteiger partial charge in [-0.15, -0.1) is 0 Å². The van der Waals surface area contributed by atoms with Crippen molar-refractivity contribution in [3.63, 3.8) is 0 Å². The molecule has 4 heteroatoms. The number of aromatic nitrogens is 1. The lowest BCUT2D eigenvalue weighted by Gasteiger charge is -2.29. The average molecular weight is 321 g/mol. The van der Waals surface area contributed by atoms with Gasteiger partial charge in [0.15, 0.2) is 0 Å². The summed E-state index contributed by atoms with van der Waals surface area (Å²) in [6.45, 7) is 0. The fourth-order valence-corrected chi connectivity index (χ4v) is 3.24. The summed E-state index contributed by atoms with van der Waals surface area (Å²) in [5.74, 6) is 0.866. The molecule has 0 amide bonds. The van der Waals surface area contributed by atoms with Crippen LogP contribution in [0.25, 0.3) is 10.8 Å². The van der Waals surface area contributed by atoms with Crippen molar-refractivity contribution in [2.24, 2.45) is 0 Å². The van der Waals surface area contributed by atoms with E-state index in [0.29, 0.717) is 0 Å². The molecule has 2 atom stereocenters. The summed E-state index contributed by atoms with van der Waals surface area (Å²) in [4.78, 5) is 4.43. The fourth-order valence-electron chi connectivity index (χ4n) is 2.74. The van der Waals surface area contributed by atoms with E-state index in [1.54, 1.807) is 0 Å². The number of benzene rings is 1. The van der Waals surface area contributed by atoms with E-state index >= 15 is 0 Å². The highest BCUT2D eigenvalue weighted by Gasteiger charge is 2.23. The summed E-state index contributed by atoms with van der Waals surface area (Å²) >= 11 is 3.56. The van der Waals surface area contributed by atoms with Gasteiger partial charge in [0.2, 0.25) is 0 Å². The van der Waals surface area contributed by atoms with Crippen molar-refractivity contribution >= 4 is 32.5 Å². The maximum atomic E-state index is 10.1. The van der Waals surface area contributed by atoms with Crippen LogP contribution in [0.5, 0.6) is 0 Å². The molecule has 1 heterocycles. The number of aliphatic hydroxyl groups excluding tert-OH is 1. The number of hydrogen-bond donors (Lipinski definition) is 2. The molecule has 3 rings (SSSR count). The van der Waals surface area contributed by atoms with Gasteiger partial charge in [0.1, 0.15) is 5.82 Å². The van der Waals surface area contributed by atoms with Gasteiger partial charge in [-0.1, -0.05) is 40.9 Å². The van der Waals surface area contributed by atoms with E-state index in [4.69, 9.17) is 0 Å². The van der Waals surface area contributed by atoms with Gasteiger partial charge in [0.25, 0.3) is 0 Å². The molecule has 0 radical (unpaired) electrons. The van der Waals surface area contributed by atoms with Crippen LogP contribution in [0.1, 0.15) is 25.7 Å². The van der Waals surface area contributed by atoms with Gasteiger partial charge < -0.3 is 10.4 Å². The van der Waals surface area contributed by atoms with Crippen LogP contribution < -0.4 is 5.32 Å². The normalized spacial score (nSPS) is 23.5. The van der Waals surface area contributed by atoms with Gasteiger partial charge in [0.05, 0.1) is 12.1 Å². The predicted molar refractivity (Wildman–Crippen MR) is 81.3 cm³/mol. The van der Waals surface area contributed by atoms with Crippen LogP contribution in [-0.2, 0) is 0 Å². The molecule has 0 bridgehead atoms. The van der Waals surface area contributed by atoms with Gasteiger partial charge in [-0.3, -0.25) is 0 Å². The van der Waals surface area contributed by atoms with Crippen molar-refractivity contribution in [2.75, 3.05) is 5.32 Å². The highest BCUT2D eigenvalue weighted by molar-refractivity contribution is 9.10. The molecule has 2 aromatic rings. The minimum absolute atomic E-state index is 0.117. The molecule has 1 aromatic heterocycles. The van der Waals surface area contributed by atoms with Gasteiger partial charge in [-0.25, -0.2) is 4.98 Å².